The molecule has 2 aromatic rings. The Morgan fingerprint density at radius 2 is 2.05 bits per heavy atom. The van der Waals surface area contributed by atoms with E-state index in [0.29, 0.717) is 5.69 Å². The summed E-state index contributed by atoms with van der Waals surface area (Å²) >= 11 is 0. The second-order valence-electron chi connectivity index (χ2n) is 4.38. The quantitative estimate of drug-likeness (QED) is 0.853. The monoisotopic (exact) mass is 284 g/mol. The van der Waals surface area contributed by atoms with Crippen molar-refractivity contribution < 1.29 is 17.9 Å². The highest BCUT2D eigenvalue weighted by molar-refractivity contribution is 5.30. The van der Waals surface area contributed by atoms with E-state index >= 15 is 0 Å². The van der Waals surface area contributed by atoms with Gasteiger partial charge < -0.3 is 9.30 Å². The zero-order valence-electron chi connectivity index (χ0n) is 11.2. The number of rotatable bonds is 4. The smallest absolute Gasteiger partial charge is 0.416 e. The van der Waals surface area contributed by atoms with E-state index in [1.807, 2.05) is 24.6 Å². The lowest BCUT2D eigenvalue weighted by molar-refractivity contribution is -0.137. The maximum Gasteiger partial charge on any atom is 0.416 e. The van der Waals surface area contributed by atoms with Crippen molar-refractivity contribution in [3.8, 4) is 5.75 Å². The summed E-state index contributed by atoms with van der Waals surface area (Å²) < 4.78 is 45.0. The molecule has 0 unspecified atom stereocenters. The van der Waals surface area contributed by atoms with E-state index in [4.69, 9.17) is 4.74 Å². The number of alkyl halides is 3. The Labute approximate surface area is 115 Å². The SMILES string of the molecule is CCn1cc(COc2cccc(C(F)(F)F)c2)nc1C. The number of ether oxygens (including phenoxy) is 1. The van der Waals surface area contributed by atoms with Crippen LogP contribution in [0.1, 0.15) is 24.0 Å². The largest absolute Gasteiger partial charge is 0.487 e. The molecule has 0 aliphatic rings. The zero-order valence-corrected chi connectivity index (χ0v) is 11.2. The van der Waals surface area contributed by atoms with Gasteiger partial charge in [-0.3, -0.25) is 0 Å². The molecule has 0 radical (unpaired) electrons. The lowest BCUT2D eigenvalue weighted by Crippen LogP contribution is -2.05. The van der Waals surface area contributed by atoms with Crippen LogP contribution in [0.3, 0.4) is 0 Å². The molecule has 108 valence electrons. The van der Waals surface area contributed by atoms with Gasteiger partial charge in [-0.15, -0.1) is 0 Å². The van der Waals surface area contributed by atoms with Gasteiger partial charge >= 0.3 is 6.18 Å². The summed E-state index contributed by atoms with van der Waals surface area (Å²) in [5, 5.41) is 0. The van der Waals surface area contributed by atoms with Gasteiger partial charge in [0.25, 0.3) is 0 Å². The first kappa shape index (κ1) is 14.4. The van der Waals surface area contributed by atoms with E-state index in [1.165, 1.54) is 12.1 Å². The molecular formula is C14H15F3N2O. The molecule has 0 spiro atoms. The van der Waals surface area contributed by atoms with Crippen molar-refractivity contribution in [2.45, 2.75) is 33.2 Å². The van der Waals surface area contributed by atoms with E-state index in [2.05, 4.69) is 4.98 Å². The Bertz CT molecular complexity index is 590. The minimum Gasteiger partial charge on any atom is -0.487 e. The summed E-state index contributed by atoms with van der Waals surface area (Å²) in [5.74, 6) is 1.04. The minimum absolute atomic E-state index is 0.148. The Hall–Kier alpha value is -1.98. The fourth-order valence-corrected chi connectivity index (χ4v) is 1.88. The van der Waals surface area contributed by atoms with Gasteiger partial charge in [-0.2, -0.15) is 13.2 Å². The summed E-state index contributed by atoms with van der Waals surface area (Å²) in [4.78, 5) is 4.28. The average Bonchev–Trinajstić information content (AvgIpc) is 2.76. The van der Waals surface area contributed by atoms with Crippen molar-refractivity contribution in [2.24, 2.45) is 0 Å². The van der Waals surface area contributed by atoms with Gasteiger partial charge in [0.15, 0.2) is 0 Å². The number of hydrogen-bond acceptors (Lipinski definition) is 2. The molecule has 0 aliphatic carbocycles. The first-order valence-electron chi connectivity index (χ1n) is 6.23. The predicted molar refractivity (Wildman–Crippen MR) is 68.4 cm³/mol. The Morgan fingerprint density at radius 3 is 2.65 bits per heavy atom. The average molecular weight is 284 g/mol. The molecule has 1 heterocycles. The lowest BCUT2D eigenvalue weighted by atomic mass is 10.2. The fraction of sp³-hybridized carbons (Fsp3) is 0.357. The summed E-state index contributed by atoms with van der Waals surface area (Å²) in [6.07, 6.45) is -2.53. The number of halogens is 3. The summed E-state index contributed by atoms with van der Waals surface area (Å²) in [5.41, 5.74) is -0.0213. The highest BCUT2D eigenvalue weighted by Gasteiger charge is 2.30. The van der Waals surface area contributed by atoms with E-state index in [0.717, 1.165) is 24.5 Å². The highest BCUT2D eigenvalue weighted by atomic mass is 19.4. The number of benzene rings is 1. The lowest BCUT2D eigenvalue weighted by Gasteiger charge is -2.09. The van der Waals surface area contributed by atoms with Crippen molar-refractivity contribution >= 4 is 0 Å². The van der Waals surface area contributed by atoms with Crippen molar-refractivity contribution in [2.75, 3.05) is 0 Å². The Morgan fingerprint density at radius 1 is 1.30 bits per heavy atom. The van der Waals surface area contributed by atoms with E-state index < -0.39 is 11.7 Å². The molecule has 0 fully saturated rings. The van der Waals surface area contributed by atoms with Crippen molar-refractivity contribution in [1.82, 2.24) is 9.55 Å². The Balaban J connectivity index is 2.07. The molecule has 3 nitrogen and oxygen atoms in total. The summed E-state index contributed by atoms with van der Waals surface area (Å²) in [6, 6.07) is 4.83. The normalized spacial score (nSPS) is 11.7. The second-order valence-corrected chi connectivity index (χ2v) is 4.38. The van der Waals surface area contributed by atoms with Crippen LogP contribution < -0.4 is 4.74 Å². The maximum atomic E-state index is 12.6. The standard InChI is InChI=1S/C14H15F3N2O/c1-3-19-8-12(18-10(19)2)9-20-13-6-4-5-11(7-13)14(15,16)17/h4-8H,3,9H2,1-2H3. The van der Waals surface area contributed by atoms with E-state index in [-0.39, 0.29) is 12.4 Å². The van der Waals surface area contributed by atoms with Crippen LogP contribution in [0.2, 0.25) is 0 Å². The van der Waals surface area contributed by atoms with Crippen LogP contribution in [0, 0.1) is 6.92 Å². The highest BCUT2D eigenvalue weighted by Crippen LogP contribution is 2.31. The summed E-state index contributed by atoms with van der Waals surface area (Å²) in [6.45, 7) is 4.81. The van der Waals surface area contributed by atoms with Gasteiger partial charge in [0.2, 0.25) is 0 Å². The number of hydrogen-bond donors (Lipinski definition) is 0. The third kappa shape index (κ3) is 3.31. The van der Waals surface area contributed by atoms with Crippen molar-refractivity contribution in [1.29, 1.82) is 0 Å². The summed E-state index contributed by atoms with van der Waals surface area (Å²) in [7, 11) is 0. The fourth-order valence-electron chi connectivity index (χ4n) is 1.88. The van der Waals surface area contributed by atoms with Crippen LogP contribution in [0.4, 0.5) is 13.2 Å². The van der Waals surface area contributed by atoms with Gasteiger partial charge in [-0.25, -0.2) is 4.98 Å². The van der Waals surface area contributed by atoms with Crippen LogP contribution in [0.25, 0.3) is 0 Å². The third-order valence-corrected chi connectivity index (χ3v) is 2.91. The van der Waals surface area contributed by atoms with E-state index in [9.17, 15) is 13.2 Å². The molecule has 1 aromatic heterocycles. The van der Waals surface area contributed by atoms with Crippen LogP contribution in [-0.2, 0) is 19.3 Å². The third-order valence-electron chi connectivity index (χ3n) is 2.91. The molecule has 0 atom stereocenters. The number of aromatic nitrogens is 2. The minimum atomic E-state index is -4.36. The molecule has 0 aliphatic heterocycles. The van der Waals surface area contributed by atoms with Gasteiger partial charge in [0.1, 0.15) is 18.2 Å². The zero-order chi connectivity index (χ0) is 14.8. The van der Waals surface area contributed by atoms with Gasteiger partial charge in [-0.1, -0.05) is 6.07 Å². The maximum absolute atomic E-state index is 12.6. The van der Waals surface area contributed by atoms with Crippen LogP contribution in [0.5, 0.6) is 5.75 Å². The molecule has 1 aromatic carbocycles. The molecule has 0 saturated heterocycles. The number of imidazole rings is 1. The number of nitrogens with zero attached hydrogens (tertiary/aromatic N) is 2. The number of aryl methyl sites for hydroxylation is 2. The topological polar surface area (TPSA) is 27.1 Å². The van der Waals surface area contributed by atoms with Crippen LogP contribution in [-0.4, -0.2) is 9.55 Å². The molecule has 0 saturated carbocycles. The van der Waals surface area contributed by atoms with Gasteiger partial charge in [0, 0.05) is 12.7 Å². The molecule has 0 amide bonds. The Kier molecular flexibility index (Phi) is 4.01. The molecular weight excluding hydrogens is 269 g/mol. The van der Waals surface area contributed by atoms with Crippen LogP contribution in [0.15, 0.2) is 30.5 Å². The van der Waals surface area contributed by atoms with Crippen molar-refractivity contribution in [3.63, 3.8) is 0 Å². The van der Waals surface area contributed by atoms with Gasteiger partial charge in [-0.05, 0) is 32.0 Å². The molecule has 2 rings (SSSR count). The van der Waals surface area contributed by atoms with E-state index in [1.54, 1.807) is 0 Å². The molecule has 6 heteroatoms. The molecule has 0 bridgehead atoms. The van der Waals surface area contributed by atoms with Gasteiger partial charge in [0.05, 0.1) is 11.3 Å². The molecule has 0 N–H and O–H groups in total. The first-order chi connectivity index (χ1) is 9.40. The van der Waals surface area contributed by atoms with Crippen molar-refractivity contribution in [3.05, 3.63) is 47.5 Å². The van der Waals surface area contributed by atoms with Crippen LogP contribution >= 0.6 is 0 Å². The predicted octanol–water partition coefficient (Wildman–Crippen LogP) is 3.81. The first-order valence-corrected chi connectivity index (χ1v) is 6.23. The molecule has 20 heavy (non-hydrogen) atoms. The second kappa shape index (κ2) is 5.56.